The monoisotopic (exact) mass is 511 g/mol. The molecule has 1 aromatic carbocycles. The van der Waals surface area contributed by atoms with E-state index in [0.717, 1.165) is 16.1 Å². The van der Waals surface area contributed by atoms with E-state index in [1.807, 2.05) is 0 Å². The van der Waals surface area contributed by atoms with Crippen LogP contribution in [0.5, 0.6) is 5.75 Å². The van der Waals surface area contributed by atoms with Crippen LogP contribution in [0, 0.1) is 0 Å². The third kappa shape index (κ3) is 5.83. The number of nitrogens with two attached hydrogens (primary N) is 1. The molecule has 14 heteroatoms. The summed E-state index contributed by atoms with van der Waals surface area (Å²) >= 11 is 0. The zero-order valence-electron chi connectivity index (χ0n) is 19.1. The molecular formula is C21H25N3O10S. The molecule has 0 aromatic heterocycles. The fourth-order valence-corrected chi connectivity index (χ4v) is 4.11. The summed E-state index contributed by atoms with van der Waals surface area (Å²) in [5.74, 6) is -3.47. The number of hydrogen-bond acceptors (Lipinski definition) is 10. The molecule has 0 radical (unpaired) electrons. The highest BCUT2D eigenvalue weighted by atomic mass is 32.2. The predicted molar refractivity (Wildman–Crippen MR) is 118 cm³/mol. The molecule has 2 unspecified atom stereocenters. The zero-order valence-corrected chi connectivity index (χ0v) is 19.9. The third-order valence-corrected chi connectivity index (χ3v) is 6.07. The summed E-state index contributed by atoms with van der Waals surface area (Å²) in [6.07, 6.45) is -0.347. The minimum absolute atomic E-state index is 0.00255. The summed E-state index contributed by atoms with van der Waals surface area (Å²) in [5.41, 5.74) is 5.30. The van der Waals surface area contributed by atoms with Gasteiger partial charge in [-0.25, -0.2) is 0 Å². The van der Waals surface area contributed by atoms with Gasteiger partial charge in [-0.1, -0.05) is 6.07 Å². The van der Waals surface area contributed by atoms with Gasteiger partial charge in [0.05, 0.1) is 37.2 Å². The topological polar surface area (TPSA) is 180 Å². The Balaban J connectivity index is 1.71. The molecule has 3 rings (SSSR count). The highest BCUT2D eigenvalue weighted by Gasteiger charge is 2.47. The van der Waals surface area contributed by atoms with Crippen LogP contribution in [0.3, 0.4) is 0 Å². The maximum absolute atomic E-state index is 13.2. The number of fused-ring (bicyclic) bond motifs is 1. The molecule has 13 nitrogen and oxygen atoms in total. The zero-order chi connectivity index (χ0) is 25.9. The summed E-state index contributed by atoms with van der Waals surface area (Å²) in [6, 6.07) is 3.11. The number of carbonyl (C=O) groups is 5. The Morgan fingerprint density at radius 1 is 1.14 bits per heavy atom. The van der Waals surface area contributed by atoms with Crippen LogP contribution in [0.4, 0.5) is 0 Å². The molecule has 2 heterocycles. The Morgan fingerprint density at radius 2 is 1.86 bits per heavy atom. The highest BCUT2D eigenvalue weighted by molar-refractivity contribution is 7.85. The lowest BCUT2D eigenvalue weighted by Crippen LogP contribution is -2.54. The lowest BCUT2D eigenvalue weighted by atomic mass is 10.0. The minimum atomic E-state index is -3.60. The van der Waals surface area contributed by atoms with Crippen LogP contribution in [0.25, 0.3) is 0 Å². The highest BCUT2D eigenvalue weighted by Crippen LogP contribution is 2.34. The van der Waals surface area contributed by atoms with Crippen molar-refractivity contribution in [1.82, 2.24) is 9.80 Å². The van der Waals surface area contributed by atoms with Crippen LogP contribution in [-0.4, -0.2) is 93.0 Å². The van der Waals surface area contributed by atoms with Crippen LogP contribution in [-0.2, 0) is 33.4 Å². The van der Waals surface area contributed by atoms with Crippen molar-refractivity contribution in [2.75, 3.05) is 33.1 Å². The average molecular weight is 512 g/mol. The number of hydrogen-bond donors (Lipinski definition) is 1. The lowest BCUT2D eigenvalue weighted by molar-refractivity contribution is -0.149. The van der Waals surface area contributed by atoms with Crippen molar-refractivity contribution in [2.45, 2.75) is 31.4 Å². The average Bonchev–Trinajstić information content (AvgIpc) is 3.04. The van der Waals surface area contributed by atoms with Crippen molar-refractivity contribution in [3.8, 4) is 5.75 Å². The number of benzene rings is 1. The normalized spacial score (nSPS) is 19.2. The van der Waals surface area contributed by atoms with E-state index in [9.17, 15) is 32.4 Å². The van der Waals surface area contributed by atoms with E-state index in [1.54, 1.807) is 0 Å². The Bertz CT molecular complexity index is 1170. The summed E-state index contributed by atoms with van der Waals surface area (Å²) in [4.78, 5) is 64.1. The predicted octanol–water partition coefficient (Wildman–Crippen LogP) is -0.954. The molecule has 2 aliphatic rings. The van der Waals surface area contributed by atoms with Gasteiger partial charge in [0.2, 0.25) is 5.91 Å². The lowest BCUT2D eigenvalue weighted by Gasteiger charge is -2.32. The van der Waals surface area contributed by atoms with Crippen molar-refractivity contribution in [1.29, 1.82) is 0 Å². The van der Waals surface area contributed by atoms with E-state index in [-0.39, 0.29) is 56.0 Å². The van der Waals surface area contributed by atoms with Gasteiger partial charge in [-0.2, -0.15) is 8.42 Å². The summed E-state index contributed by atoms with van der Waals surface area (Å²) < 4.78 is 37.3. The van der Waals surface area contributed by atoms with Gasteiger partial charge in [0.15, 0.2) is 6.10 Å². The van der Waals surface area contributed by atoms with E-state index in [0.29, 0.717) is 0 Å². The number of rotatable bonds is 11. The Labute approximate surface area is 201 Å². The van der Waals surface area contributed by atoms with Crippen LogP contribution >= 0.6 is 0 Å². The van der Waals surface area contributed by atoms with E-state index in [1.165, 1.54) is 25.2 Å². The Kier molecular flexibility index (Phi) is 7.87. The number of carbonyl (C=O) groups excluding carboxylic acids is 5. The van der Waals surface area contributed by atoms with Gasteiger partial charge in [-0.3, -0.25) is 38.0 Å². The molecule has 1 fully saturated rings. The molecule has 0 aliphatic carbocycles. The van der Waals surface area contributed by atoms with Crippen molar-refractivity contribution in [3.05, 3.63) is 29.3 Å². The second-order valence-electron chi connectivity index (χ2n) is 7.94. The fraction of sp³-hybridized carbons (Fsp3) is 0.476. The first-order valence-electron chi connectivity index (χ1n) is 10.6. The molecule has 2 aliphatic heterocycles. The molecule has 0 saturated carbocycles. The van der Waals surface area contributed by atoms with Gasteiger partial charge in [0.25, 0.3) is 33.7 Å². The van der Waals surface area contributed by atoms with Crippen LogP contribution in [0.15, 0.2) is 18.2 Å². The number of ether oxygens (including phenoxy) is 2. The fourth-order valence-electron chi connectivity index (χ4n) is 3.74. The van der Waals surface area contributed by atoms with Gasteiger partial charge < -0.3 is 15.2 Å². The van der Waals surface area contributed by atoms with Crippen LogP contribution in [0.2, 0.25) is 0 Å². The molecule has 1 saturated heterocycles. The molecule has 0 spiro atoms. The first-order valence-corrected chi connectivity index (χ1v) is 12.4. The van der Waals surface area contributed by atoms with Crippen LogP contribution < -0.4 is 10.5 Å². The van der Waals surface area contributed by atoms with Gasteiger partial charge in [-0.15, -0.1) is 0 Å². The van der Waals surface area contributed by atoms with Crippen molar-refractivity contribution >= 4 is 39.7 Å². The van der Waals surface area contributed by atoms with E-state index < -0.39 is 51.8 Å². The van der Waals surface area contributed by atoms with E-state index in [2.05, 4.69) is 4.18 Å². The number of amides is 5. The van der Waals surface area contributed by atoms with Gasteiger partial charge in [-0.05, 0) is 18.6 Å². The maximum Gasteiger partial charge on any atom is 0.266 e. The smallest absolute Gasteiger partial charge is 0.266 e. The molecular weight excluding hydrogens is 486 g/mol. The number of nitrogens with zero attached hydrogens (tertiary/aromatic N) is 2. The van der Waals surface area contributed by atoms with E-state index in [4.69, 9.17) is 15.2 Å². The number of primary amides is 1. The van der Waals surface area contributed by atoms with Crippen molar-refractivity contribution < 1.29 is 46.0 Å². The standard InChI is InChI=1S/C21H25N3O10S/c1-23-16(25)7-6-13(20(23)28)24-19(27)12-4-3-5-14(17(12)21(24)29)34-15(18(22)26)8-9-32-10-11-33-35(2,30)31/h3-5,13,15H,6-11H2,1-2H3,(H2,22,26). The first kappa shape index (κ1) is 26.2. The molecule has 35 heavy (non-hydrogen) atoms. The minimum Gasteiger partial charge on any atom is -0.480 e. The molecule has 2 atom stereocenters. The SMILES string of the molecule is CN1C(=O)CCC(N2C(=O)c3cccc(OC(CCOCCOS(C)(=O)=O)C(N)=O)c3C2=O)C1=O. The molecule has 1 aromatic rings. The molecule has 5 amide bonds. The molecule has 190 valence electrons. The maximum atomic E-state index is 13.2. The number of imide groups is 2. The largest absolute Gasteiger partial charge is 0.480 e. The van der Waals surface area contributed by atoms with Gasteiger partial charge in [0.1, 0.15) is 11.8 Å². The third-order valence-electron chi connectivity index (χ3n) is 5.48. The Hall–Kier alpha value is -3.36. The summed E-state index contributed by atoms with van der Waals surface area (Å²) in [6.45, 7) is -0.306. The molecule has 0 bridgehead atoms. The van der Waals surface area contributed by atoms with Gasteiger partial charge in [0, 0.05) is 19.9 Å². The summed E-state index contributed by atoms with van der Waals surface area (Å²) in [7, 11) is -2.31. The quantitative estimate of drug-likeness (QED) is 0.221. The summed E-state index contributed by atoms with van der Waals surface area (Å²) in [5, 5.41) is 0. The number of piperidine rings is 1. The second-order valence-corrected chi connectivity index (χ2v) is 9.58. The van der Waals surface area contributed by atoms with Crippen molar-refractivity contribution in [3.63, 3.8) is 0 Å². The molecule has 2 N–H and O–H groups in total. The van der Waals surface area contributed by atoms with E-state index >= 15 is 0 Å². The second kappa shape index (κ2) is 10.5. The van der Waals surface area contributed by atoms with Crippen molar-refractivity contribution in [2.24, 2.45) is 5.73 Å². The van der Waals surface area contributed by atoms with Crippen LogP contribution in [0.1, 0.15) is 40.0 Å². The number of likely N-dealkylation sites (tertiary alicyclic amines) is 1. The van der Waals surface area contributed by atoms with Gasteiger partial charge >= 0.3 is 0 Å². The number of likely N-dealkylation sites (N-methyl/N-ethyl adjacent to an activating group) is 1. The Morgan fingerprint density at radius 3 is 2.51 bits per heavy atom. The first-order chi connectivity index (χ1) is 16.4.